The molecule has 108 valence electrons. The molecule has 0 aliphatic heterocycles. The molecule has 0 bridgehead atoms. The second-order valence-electron chi connectivity index (χ2n) is 4.69. The Hall–Kier alpha value is -2.31. The first-order valence-electron chi connectivity index (χ1n) is 6.53. The van der Waals surface area contributed by atoms with Crippen LogP contribution in [-0.2, 0) is 0 Å². The molecule has 0 saturated heterocycles. The monoisotopic (exact) mass is 328 g/mol. The Labute approximate surface area is 133 Å². The molecule has 4 aromatic rings. The summed E-state index contributed by atoms with van der Waals surface area (Å²) in [5, 5.41) is 3.99. The maximum absolute atomic E-state index is 13.1. The fourth-order valence-corrected chi connectivity index (χ4v) is 4.11. The van der Waals surface area contributed by atoms with Gasteiger partial charge in [0.1, 0.15) is 17.2 Å². The maximum Gasteiger partial charge on any atom is 0.195 e. The first-order valence-corrected chi connectivity index (χ1v) is 8.29. The van der Waals surface area contributed by atoms with E-state index in [2.05, 4.69) is 4.98 Å². The fraction of sp³-hybridized carbons (Fsp3) is 0. The molecular weight excluding hydrogens is 319 g/mol. The van der Waals surface area contributed by atoms with Gasteiger partial charge in [-0.3, -0.25) is 9.20 Å². The molecule has 3 nitrogen and oxygen atoms in total. The molecule has 0 saturated carbocycles. The predicted octanol–water partition coefficient (Wildman–Crippen LogP) is 4.74. The zero-order valence-corrected chi connectivity index (χ0v) is 12.8. The van der Waals surface area contributed by atoms with E-state index in [0.717, 1.165) is 27.4 Å². The van der Waals surface area contributed by atoms with E-state index in [1.165, 1.54) is 23.5 Å². The molecule has 1 aromatic carbocycles. The van der Waals surface area contributed by atoms with Gasteiger partial charge in [-0.15, -0.1) is 22.7 Å². The summed E-state index contributed by atoms with van der Waals surface area (Å²) in [4.78, 5) is 18.0. The molecule has 0 fully saturated rings. The summed E-state index contributed by atoms with van der Waals surface area (Å²) in [7, 11) is 0. The molecule has 6 heteroatoms. The number of thiazole rings is 1. The molecular formula is C16H9FN2OS2. The van der Waals surface area contributed by atoms with Gasteiger partial charge in [0.05, 0.1) is 10.6 Å². The average molecular weight is 328 g/mol. The van der Waals surface area contributed by atoms with Gasteiger partial charge in [0.2, 0.25) is 0 Å². The number of aldehydes is 1. The lowest BCUT2D eigenvalue weighted by atomic mass is 10.1. The third-order valence-electron chi connectivity index (χ3n) is 3.40. The van der Waals surface area contributed by atoms with E-state index in [1.807, 2.05) is 27.3 Å². The van der Waals surface area contributed by atoms with Crippen LogP contribution in [0.3, 0.4) is 0 Å². The minimum atomic E-state index is -0.309. The zero-order chi connectivity index (χ0) is 15.1. The normalized spacial score (nSPS) is 11.1. The van der Waals surface area contributed by atoms with E-state index in [0.29, 0.717) is 11.4 Å². The van der Waals surface area contributed by atoms with Gasteiger partial charge in [0, 0.05) is 10.9 Å². The Kier molecular flexibility index (Phi) is 3.13. The Bertz CT molecular complexity index is 952. The summed E-state index contributed by atoms with van der Waals surface area (Å²) in [6.45, 7) is 0. The molecule has 0 aliphatic carbocycles. The second kappa shape index (κ2) is 5.15. The van der Waals surface area contributed by atoms with E-state index in [9.17, 15) is 9.18 Å². The first-order chi connectivity index (χ1) is 10.8. The van der Waals surface area contributed by atoms with Crippen molar-refractivity contribution in [2.45, 2.75) is 0 Å². The standard InChI is InChI=1S/C16H9FN2OS2/c17-11-5-3-10(4-6-11)15-12(8-20)19-13(9-22-16(19)18-15)14-2-1-7-21-14/h1-9H. The highest BCUT2D eigenvalue weighted by molar-refractivity contribution is 7.17. The summed E-state index contributed by atoms with van der Waals surface area (Å²) in [5.41, 5.74) is 2.76. The van der Waals surface area contributed by atoms with Gasteiger partial charge >= 0.3 is 0 Å². The van der Waals surface area contributed by atoms with Crippen molar-refractivity contribution in [1.29, 1.82) is 0 Å². The van der Waals surface area contributed by atoms with Gasteiger partial charge in [-0.25, -0.2) is 9.37 Å². The number of rotatable bonds is 3. The highest BCUT2D eigenvalue weighted by Crippen LogP contribution is 2.34. The van der Waals surface area contributed by atoms with Crippen LogP contribution < -0.4 is 0 Å². The van der Waals surface area contributed by atoms with E-state index < -0.39 is 0 Å². The van der Waals surface area contributed by atoms with Crippen LogP contribution in [0.4, 0.5) is 4.39 Å². The number of imidazole rings is 1. The maximum atomic E-state index is 13.1. The van der Waals surface area contributed by atoms with Crippen LogP contribution in [0.1, 0.15) is 10.5 Å². The Balaban J connectivity index is 1.98. The van der Waals surface area contributed by atoms with Gasteiger partial charge in [0.25, 0.3) is 0 Å². The molecule has 0 atom stereocenters. The third kappa shape index (κ3) is 2.00. The number of aromatic nitrogens is 2. The molecule has 0 amide bonds. The molecule has 0 aliphatic rings. The number of nitrogens with zero attached hydrogens (tertiary/aromatic N) is 2. The predicted molar refractivity (Wildman–Crippen MR) is 87.2 cm³/mol. The van der Waals surface area contributed by atoms with Gasteiger partial charge in [0.15, 0.2) is 11.2 Å². The van der Waals surface area contributed by atoms with Crippen molar-refractivity contribution < 1.29 is 9.18 Å². The van der Waals surface area contributed by atoms with Crippen LogP contribution in [0.25, 0.3) is 26.8 Å². The molecule has 4 rings (SSSR count). The van der Waals surface area contributed by atoms with Crippen LogP contribution in [0, 0.1) is 5.82 Å². The van der Waals surface area contributed by atoms with Gasteiger partial charge in [-0.1, -0.05) is 6.07 Å². The van der Waals surface area contributed by atoms with Crippen molar-refractivity contribution in [3.63, 3.8) is 0 Å². The zero-order valence-electron chi connectivity index (χ0n) is 11.2. The molecule has 0 N–H and O–H groups in total. The highest BCUT2D eigenvalue weighted by Gasteiger charge is 2.18. The molecule has 3 heterocycles. The van der Waals surface area contributed by atoms with Crippen LogP contribution in [-0.4, -0.2) is 15.7 Å². The minimum absolute atomic E-state index is 0.309. The Morgan fingerprint density at radius 2 is 1.95 bits per heavy atom. The third-order valence-corrected chi connectivity index (χ3v) is 5.12. The van der Waals surface area contributed by atoms with E-state index in [4.69, 9.17) is 0 Å². The summed E-state index contributed by atoms with van der Waals surface area (Å²) in [5.74, 6) is -0.309. The van der Waals surface area contributed by atoms with Crippen LogP contribution in [0.2, 0.25) is 0 Å². The summed E-state index contributed by atoms with van der Waals surface area (Å²) in [6, 6.07) is 10.0. The lowest BCUT2D eigenvalue weighted by Crippen LogP contribution is -1.93. The van der Waals surface area contributed by atoms with Crippen molar-refractivity contribution >= 4 is 33.9 Å². The lowest BCUT2D eigenvalue weighted by molar-refractivity contribution is 0.111. The smallest absolute Gasteiger partial charge is 0.195 e. The van der Waals surface area contributed by atoms with Crippen LogP contribution >= 0.6 is 22.7 Å². The Morgan fingerprint density at radius 1 is 1.14 bits per heavy atom. The summed E-state index contributed by atoms with van der Waals surface area (Å²) in [6.07, 6.45) is 0.808. The molecule has 22 heavy (non-hydrogen) atoms. The number of carbonyl (C=O) groups excluding carboxylic acids is 1. The summed E-state index contributed by atoms with van der Waals surface area (Å²) < 4.78 is 15.0. The van der Waals surface area contributed by atoms with E-state index >= 15 is 0 Å². The van der Waals surface area contributed by atoms with Gasteiger partial charge < -0.3 is 0 Å². The number of halogens is 1. The molecule has 0 radical (unpaired) electrons. The summed E-state index contributed by atoms with van der Waals surface area (Å²) >= 11 is 3.10. The highest BCUT2D eigenvalue weighted by atomic mass is 32.1. The molecule has 3 aromatic heterocycles. The number of fused-ring (bicyclic) bond motifs is 1. The lowest BCUT2D eigenvalue weighted by Gasteiger charge is -2.00. The number of hydrogen-bond donors (Lipinski definition) is 0. The van der Waals surface area contributed by atoms with Crippen molar-refractivity contribution in [3.8, 4) is 21.8 Å². The van der Waals surface area contributed by atoms with Crippen LogP contribution in [0.5, 0.6) is 0 Å². The van der Waals surface area contributed by atoms with E-state index in [1.54, 1.807) is 23.5 Å². The SMILES string of the molecule is O=Cc1c(-c2ccc(F)cc2)nc2scc(-c3cccs3)n12. The van der Waals surface area contributed by atoms with E-state index in [-0.39, 0.29) is 5.82 Å². The largest absolute Gasteiger partial charge is 0.296 e. The van der Waals surface area contributed by atoms with Gasteiger partial charge in [-0.05, 0) is 35.7 Å². The van der Waals surface area contributed by atoms with Crippen molar-refractivity contribution in [3.05, 3.63) is 58.7 Å². The number of hydrogen-bond acceptors (Lipinski definition) is 4. The minimum Gasteiger partial charge on any atom is -0.296 e. The quantitative estimate of drug-likeness (QED) is 0.509. The fourth-order valence-electron chi connectivity index (χ4n) is 2.41. The first kappa shape index (κ1) is 13.4. The molecule has 0 unspecified atom stereocenters. The average Bonchev–Trinajstić information content (AvgIpc) is 3.23. The molecule has 0 spiro atoms. The van der Waals surface area contributed by atoms with Crippen molar-refractivity contribution in [2.24, 2.45) is 0 Å². The number of thiophene rings is 1. The topological polar surface area (TPSA) is 34.4 Å². The Morgan fingerprint density at radius 3 is 2.64 bits per heavy atom. The van der Waals surface area contributed by atoms with Crippen LogP contribution in [0.15, 0.2) is 47.2 Å². The number of carbonyl (C=O) groups is 1. The second-order valence-corrected chi connectivity index (χ2v) is 6.47. The number of benzene rings is 1. The van der Waals surface area contributed by atoms with Crippen molar-refractivity contribution in [1.82, 2.24) is 9.38 Å². The van der Waals surface area contributed by atoms with Crippen molar-refractivity contribution in [2.75, 3.05) is 0 Å². The van der Waals surface area contributed by atoms with Gasteiger partial charge in [-0.2, -0.15) is 0 Å².